The Bertz CT molecular complexity index is 623. The van der Waals surface area contributed by atoms with E-state index in [1.54, 1.807) is 0 Å². The van der Waals surface area contributed by atoms with E-state index < -0.39 is 47.5 Å². The van der Waals surface area contributed by atoms with Gasteiger partial charge in [0.25, 0.3) is 0 Å². The van der Waals surface area contributed by atoms with Gasteiger partial charge in [0.15, 0.2) is 0 Å². The standard InChI is InChI=1S/C22H35F3O4/c1-12(2)11-21(7,20(4,5)6)19(27)29-17-14(8-9-22(23,24)25)13(3)15-10-16(26)28-18(15)17/h12-15,17-18H,8-11H2,1-7H3. The van der Waals surface area contributed by atoms with Gasteiger partial charge in [-0.3, -0.25) is 9.59 Å². The van der Waals surface area contributed by atoms with Crippen molar-refractivity contribution in [2.45, 2.75) is 92.5 Å². The molecule has 0 aromatic carbocycles. The summed E-state index contributed by atoms with van der Waals surface area (Å²) in [6, 6.07) is 0. The zero-order valence-electron chi connectivity index (χ0n) is 18.6. The summed E-state index contributed by atoms with van der Waals surface area (Å²) in [5.41, 5.74) is -1.20. The molecule has 0 aromatic heterocycles. The third-order valence-electron chi connectivity index (χ3n) is 7.11. The van der Waals surface area contributed by atoms with Crippen LogP contribution in [0.5, 0.6) is 0 Å². The fourth-order valence-corrected chi connectivity index (χ4v) is 4.93. The van der Waals surface area contributed by atoms with Gasteiger partial charge in [0, 0.05) is 18.3 Å². The molecule has 1 aliphatic carbocycles. The van der Waals surface area contributed by atoms with Gasteiger partial charge in [-0.2, -0.15) is 13.2 Å². The third-order valence-corrected chi connectivity index (χ3v) is 7.11. The van der Waals surface area contributed by atoms with E-state index in [0.717, 1.165) is 0 Å². The predicted molar refractivity (Wildman–Crippen MR) is 103 cm³/mol. The van der Waals surface area contributed by atoms with Crippen LogP contribution in [-0.4, -0.2) is 30.3 Å². The largest absolute Gasteiger partial charge is 0.458 e. The predicted octanol–water partition coefficient (Wildman–Crippen LogP) is 5.54. The summed E-state index contributed by atoms with van der Waals surface area (Å²) in [6.45, 7) is 13.6. The minimum Gasteiger partial charge on any atom is -0.458 e. The van der Waals surface area contributed by atoms with Crippen molar-refractivity contribution in [1.29, 1.82) is 0 Å². The van der Waals surface area contributed by atoms with E-state index in [2.05, 4.69) is 0 Å². The molecule has 0 bridgehead atoms. The summed E-state index contributed by atoms with van der Waals surface area (Å²) in [6.07, 6.45) is -6.06. The van der Waals surface area contributed by atoms with Gasteiger partial charge in [-0.05, 0) is 37.0 Å². The number of carbonyl (C=O) groups excluding carboxylic acids is 2. The number of rotatable bonds is 6. The van der Waals surface area contributed by atoms with Gasteiger partial charge in [-0.15, -0.1) is 0 Å². The van der Waals surface area contributed by atoms with Crippen LogP contribution in [0.3, 0.4) is 0 Å². The first-order valence-electron chi connectivity index (χ1n) is 10.5. The molecule has 6 atom stereocenters. The SMILES string of the molecule is CC(C)CC(C)(C(=O)OC1C(CCC(F)(F)F)C(C)C2CC(=O)OC21)C(C)(C)C. The molecule has 2 aliphatic rings. The zero-order valence-corrected chi connectivity index (χ0v) is 18.6. The fourth-order valence-electron chi connectivity index (χ4n) is 4.93. The Morgan fingerprint density at radius 3 is 2.28 bits per heavy atom. The van der Waals surface area contributed by atoms with Gasteiger partial charge in [-0.1, -0.05) is 41.5 Å². The van der Waals surface area contributed by atoms with Gasteiger partial charge in [0.1, 0.15) is 12.2 Å². The number of ether oxygens (including phenoxy) is 2. The Kier molecular flexibility index (Phi) is 6.71. The van der Waals surface area contributed by atoms with Crippen molar-refractivity contribution in [2.24, 2.45) is 34.5 Å². The lowest BCUT2D eigenvalue weighted by atomic mass is 9.64. The van der Waals surface area contributed by atoms with Crippen LogP contribution in [0.4, 0.5) is 13.2 Å². The van der Waals surface area contributed by atoms with Crippen LogP contribution in [0.15, 0.2) is 0 Å². The number of hydrogen-bond acceptors (Lipinski definition) is 4. The van der Waals surface area contributed by atoms with E-state index in [1.165, 1.54) is 0 Å². The molecule has 2 fully saturated rings. The second-order valence-corrected chi connectivity index (χ2v) is 10.5. The van der Waals surface area contributed by atoms with Gasteiger partial charge in [-0.25, -0.2) is 0 Å². The van der Waals surface area contributed by atoms with E-state index in [-0.39, 0.29) is 36.6 Å². The van der Waals surface area contributed by atoms with Gasteiger partial charge >= 0.3 is 18.1 Å². The van der Waals surface area contributed by atoms with Crippen LogP contribution in [0.25, 0.3) is 0 Å². The van der Waals surface area contributed by atoms with Crippen LogP contribution < -0.4 is 0 Å². The lowest BCUT2D eigenvalue weighted by molar-refractivity contribution is -0.181. The fraction of sp³-hybridized carbons (Fsp3) is 0.909. The quantitative estimate of drug-likeness (QED) is 0.530. The smallest absolute Gasteiger partial charge is 0.389 e. The first-order valence-corrected chi connectivity index (χ1v) is 10.5. The lowest BCUT2D eigenvalue weighted by Crippen LogP contribution is -2.46. The number of carbonyl (C=O) groups is 2. The maximum atomic E-state index is 13.3. The van der Waals surface area contributed by atoms with Crippen molar-refractivity contribution in [3.8, 4) is 0 Å². The molecule has 0 spiro atoms. The molecule has 7 heteroatoms. The summed E-state index contributed by atoms with van der Waals surface area (Å²) in [5, 5.41) is 0. The van der Waals surface area contributed by atoms with E-state index in [4.69, 9.17) is 9.47 Å². The van der Waals surface area contributed by atoms with Crippen molar-refractivity contribution >= 4 is 11.9 Å². The maximum absolute atomic E-state index is 13.3. The average molecular weight is 421 g/mol. The molecular weight excluding hydrogens is 385 g/mol. The molecule has 4 nitrogen and oxygen atoms in total. The minimum absolute atomic E-state index is 0.135. The molecule has 0 amide bonds. The minimum atomic E-state index is -4.28. The summed E-state index contributed by atoms with van der Waals surface area (Å²) in [5.74, 6) is -1.42. The van der Waals surface area contributed by atoms with Gasteiger partial charge in [0.05, 0.1) is 11.8 Å². The van der Waals surface area contributed by atoms with Crippen LogP contribution in [0, 0.1) is 34.5 Å². The first-order chi connectivity index (χ1) is 13.1. The first kappa shape index (κ1) is 24.0. The van der Waals surface area contributed by atoms with Crippen molar-refractivity contribution in [3.05, 3.63) is 0 Å². The number of fused-ring (bicyclic) bond motifs is 1. The molecule has 29 heavy (non-hydrogen) atoms. The number of hydrogen-bond donors (Lipinski definition) is 0. The average Bonchev–Trinajstić information content (AvgIpc) is 3.01. The van der Waals surface area contributed by atoms with Crippen molar-refractivity contribution in [1.82, 2.24) is 0 Å². The monoisotopic (exact) mass is 420 g/mol. The van der Waals surface area contributed by atoms with E-state index in [9.17, 15) is 22.8 Å². The molecule has 0 radical (unpaired) electrons. The molecule has 0 N–H and O–H groups in total. The number of alkyl halides is 3. The molecule has 168 valence electrons. The molecule has 1 aliphatic heterocycles. The highest BCUT2D eigenvalue weighted by molar-refractivity contribution is 5.78. The Hall–Kier alpha value is -1.27. The van der Waals surface area contributed by atoms with Crippen LogP contribution in [0.2, 0.25) is 0 Å². The summed E-state index contributed by atoms with van der Waals surface area (Å²) >= 11 is 0. The second-order valence-electron chi connectivity index (χ2n) is 10.5. The number of esters is 2. The van der Waals surface area contributed by atoms with E-state index in [0.29, 0.717) is 6.42 Å². The van der Waals surface area contributed by atoms with Crippen LogP contribution in [-0.2, 0) is 19.1 Å². The Morgan fingerprint density at radius 2 is 1.79 bits per heavy atom. The molecule has 1 saturated carbocycles. The third kappa shape index (κ3) is 5.08. The zero-order chi connectivity index (χ0) is 22.4. The summed E-state index contributed by atoms with van der Waals surface area (Å²) in [4.78, 5) is 25.2. The number of halogens is 3. The second kappa shape index (κ2) is 8.10. The molecular formula is C22H35F3O4. The van der Waals surface area contributed by atoms with E-state index >= 15 is 0 Å². The highest BCUT2D eigenvalue weighted by atomic mass is 19.4. The van der Waals surface area contributed by atoms with Gasteiger partial charge < -0.3 is 9.47 Å². The maximum Gasteiger partial charge on any atom is 0.389 e. The van der Waals surface area contributed by atoms with Gasteiger partial charge in [0.2, 0.25) is 0 Å². The molecule has 1 heterocycles. The summed E-state index contributed by atoms with van der Waals surface area (Å²) < 4.78 is 50.0. The highest BCUT2D eigenvalue weighted by Crippen LogP contribution is 2.51. The Balaban J connectivity index is 2.29. The highest BCUT2D eigenvalue weighted by Gasteiger charge is 2.58. The molecule has 6 unspecified atom stereocenters. The van der Waals surface area contributed by atoms with Crippen LogP contribution >= 0.6 is 0 Å². The summed E-state index contributed by atoms with van der Waals surface area (Å²) in [7, 11) is 0. The Labute approximate surface area is 171 Å². The van der Waals surface area contributed by atoms with E-state index in [1.807, 2.05) is 48.5 Å². The molecule has 2 rings (SSSR count). The molecule has 1 saturated heterocycles. The van der Waals surface area contributed by atoms with Crippen LogP contribution in [0.1, 0.15) is 74.1 Å². The van der Waals surface area contributed by atoms with Crippen molar-refractivity contribution in [2.75, 3.05) is 0 Å². The normalized spacial score (nSPS) is 32.1. The van der Waals surface area contributed by atoms with Crippen molar-refractivity contribution < 1.29 is 32.2 Å². The van der Waals surface area contributed by atoms with Crippen molar-refractivity contribution in [3.63, 3.8) is 0 Å². The lowest BCUT2D eigenvalue weighted by Gasteiger charge is -2.42. The molecule has 0 aromatic rings. The topological polar surface area (TPSA) is 52.6 Å². The Morgan fingerprint density at radius 1 is 1.21 bits per heavy atom.